The number of rotatable bonds is 8. The summed E-state index contributed by atoms with van der Waals surface area (Å²) in [5.41, 5.74) is 1.29. The van der Waals surface area contributed by atoms with Gasteiger partial charge in [0.1, 0.15) is 12.3 Å². The molecule has 0 saturated carbocycles. The summed E-state index contributed by atoms with van der Waals surface area (Å²) < 4.78 is 30.8. The lowest BCUT2D eigenvalue weighted by Crippen LogP contribution is -2.37. The number of sulfonamides is 1. The van der Waals surface area contributed by atoms with Gasteiger partial charge in [0.15, 0.2) is 0 Å². The summed E-state index contributed by atoms with van der Waals surface area (Å²) in [6, 6.07) is 13.1. The van der Waals surface area contributed by atoms with Gasteiger partial charge in [0.05, 0.1) is 18.6 Å². The molecule has 0 radical (unpaired) electrons. The molecule has 0 aliphatic heterocycles. The molecule has 0 spiro atoms. The smallest absolute Gasteiger partial charge is 0.245 e. The molecule has 150 valence electrons. The highest BCUT2D eigenvalue weighted by Crippen LogP contribution is 2.23. The lowest BCUT2D eigenvalue weighted by atomic mass is 10.2. The van der Waals surface area contributed by atoms with Gasteiger partial charge in [0, 0.05) is 24.4 Å². The third kappa shape index (κ3) is 6.27. The summed E-state index contributed by atoms with van der Waals surface area (Å²) >= 11 is 0. The zero-order chi connectivity index (χ0) is 20.7. The molecule has 0 aliphatic rings. The van der Waals surface area contributed by atoms with Gasteiger partial charge in [0.2, 0.25) is 21.8 Å². The van der Waals surface area contributed by atoms with Crippen molar-refractivity contribution in [3.63, 3.8) is 0 Å². The van der Waals surface area contributed by atoms with Crippen molar-refractivity contribution >= 4 is 38.9 Å². The minimum atomic E-state index is -3.70. The van der Waals surface area contributed by atoms with E-state index >= 15 is 0 Å². The zero-order valence-corrected chi connectivity index (χ0v) is 16.7. The van der Waals surface area contributed by atoms with E-state index in [4.69, 9.17) is 4.74 Å². The van der Waals surface area contributed by atoms with Gasteiger partial charge in [-0.05, 0) is 37.3 Å². The second kappa shape index (κ2) is 9.23. The van der Waals surface area contributed by atoms with Gasteiger partial charge < -0.3 is 15.4 Å². The fourth-order valence-corrected chi connectivity index (χ4v) is 3.35. The first-order valence-corrected chi connectivity index (χ1v) is 10.4. The quantitative estimate of drug-likeness (QED) is 0.702. The summed E-state index contributed by atoms with van der Waals surface area (Å²) in [6.07, 6.45) is 1.03. The standard InChI is InChI=1S/C19H23N3O5S/c1-4-27-18-10-6-9-17(12-18)22(28(3,25)26)13-19(24)21-16-8-5-7-15(11-16)20-14(2)23/h5-12H,4,13H2,1-3H3,(H,20,23)(H,21,24). The van der Waals surface area contributed by atoms with E-state index in [1.54, 1.807) is 48.5 Å². The van der Waals surface area contributed by atoms with Crippen molar-refractivity contribution in [2.45, 2.75) is 13.8 Å². The average molecular weight is 405 g/mol. The predicted molar refractivity (Wildman–Crippen MR) is 109 cm³/mol. The van der Waals surface area contributed by atoms with E-state index < -0.39 is 22.5 Å². The van der Waals surface area contributed by atoms with Crippen molar-refractivity contribution in [3.05, 3.63) is 48.5 Å². The molecule has 0 aromatic heterocycles. The van der Waals surface area contributed by atoms with Crippen molar-refractivity contribution in [2.75, 3.05) is 34.3 Å². The number of ether oxygens (including phenoxy) is 1. The van der Waals surface area contributed by atoms with Crippen molar-refractivity contribution in [1.82, 2.24) is 0 Å². The summed E-state index contributed by atoms with van der Waals surface area (Å²) in [5, 5.41) is 5.26. The van der Waals surface area contributed by atoms with E-state index in [-0.39, 0.29) is 5.91 Å². The van der Waals surface area contributed by atoms with E-state index in [2.05, 4.69) is 10.6 Å². The maximum Gasteiger partial charge on any atom is 0.245 e. The zero-order valence-electron chi connectivity index (χ0n) is 15.9. The molecule has 28 heavy (non-hydrogen) atoms. The van der Waals surface area contributed by atoms with Gasteiger partial charge in [-0.25, -0.2) is 8.42 Å². The average Bonchev–Trinajstić information content (AvgIpc) is 2.59. The Morgan fingerprint density at radius 1 is 1.04 bits per heavy atom. The van der Waals surface area contributed by atoms with Crippen LogP contribution in [0.1, 0.15) is 13.8 Å². The number of hydrogen-bond acceptors (Lipinski definition) is 5. The third-order valence-electron chi connectivity index (χ3n) is 3.57. The van der Waals surface area contributed by atoms with Crippen molar-refractivity contribution in [1.29, 1.82) is 0 Å². The van der Waals surface area contributed by atoms with Crippen LogP contribution in [0.25, 0.3) is 0 Å². The Morgan fingerprint density at radius 3 is 2.29 bits per heavy atom. The van der Waals surface area contributed by atoms with Crippen LogP contribution in [0.3, 0.4) is 0 Å². The number of carbonyl (C=O) groups is 2. The van der Waals surface area contributed by atoms with Gasteiger partial charge in [-0.2, -0.15) is 0 Å². The predicted octanol–water partition coefficient (Wildman–Crippen LogP) is 2.45. The molecule has 0 aliphatic carbocycles. The van der Waals surface area contributed by atoms with Crippen LogP contribution in [0.15, 0.2) is 48.5 Å². The van der Waals surface area contributed by atoms with Crippen LogP contribution in [-0.4, -0.2) is 39.6 Å². The molecule has 2 amide bonds. The molecule has 8 nitrogen and oxygen atoms in total. The SMILES string of the molecule is CCOc1cccc(N(CC(=O)Nc2cccc(NC(C)=O)c2)S(C)(=O)=O)c1. The van der Waals surface area contributed by atoms with E-state index in [9.17, 15) is 18.0 Å². The monoisotopic (exact) mass is 405 g/mol. The second-order valence-corrected chi connectivity index (χ2v) is 7.92. The molecule has 0 heterocycles. The molecule has 2 aromatic rings. The second-order valence-electron chi connectivity index (χ2n) is 6.01. The first-order valence-electron chi connectivity index (χ1n) is 8.57. The Bertz CT molecular complexity index is 960. The molecule has 2 N–H and O–H groups in total. The highest BCUT2D eigenvalue weighted by Gasteiger charge is 2.21. The summed E-state index contributed by atoms with van der Waals surface area (Å²) in [5.74, 6) is -0.245. The van der Waals surface area contributed by atoms with Crippen molar-refractivity contribution in [2.24, 2.45) is 0 Å². The minimum Gasteiger partial charge on any atom is -0.494 e. The highest BCUT2D eigenvalue weighted by atomic mass is 32.2. The number of nitrogens with zero attached hydrogens (tertiary/aromatic N) is 1. The normalized spacial score (nSPS) is 10.8. The highest BCUT2D eigenvalue weighted by molar-refractivity contribution is 7.92. The molecule has 9 heteroatoms. The Hall–Kier alpha value is -3.07. The number of benzene rings is 2. The number of amides is 2. The van der Waals surface area contributed by atoms with Gasteiger partial charge >= 0.3 is 0 Å². The molecular formula is C19H23N3O5S. The van der Waals surface area contributed by atoms with Crippen LogP contribution in [0.2, 0.25) is 0 Å². The van der Waals surface area contributed by atoms with E-state index in [0.717, 1.165) is 10.6 Å². The molecular weight excluding hydrogens is 382 g/mol. The third-order valence-corrected chi connectivity index (χ3v) is 4.71. The molecule has 2 rings (SSSR count). The first-order chi connectivity index (χ1) is 13.2. The van der Waals surface area contributed by atoms with Crippen LogP contribution in [-0.2, 0) is 19.6 Å². The lowest BCUT2D eigenvalue weighted by molar-refractivity contribution is -0.115. The van der Waals surface area contributed by atoms with Gasteiger partial charge in [-0.15, -0.1) is 0 Å². The lowest BCUT2D eigenvalue weighted by Gasteiger charge is -2.22. The van der Waals surface area contributed by atoms with E-state index in [1.807, 2.05) is 6.92 Å². The maximum atomic E-state index is 12.5. The summed E-state index contributed by atoms with van der Waals surface area (Å²) in [7, 11) is -3.70. The van der Waals surface area contributed by atoms with Crippen molar-refractivity contribution < 1.29 is 22.7 Å². The topological polar surface area (TPSA) is 105 Å². The van der Waals surface area contributed by atoms with Crippen LogP contribution < -0.4 is 19.7 Å². The fourth-order valence-electron chi connectivity index (χ4n) is 2.50. The Morgan fingerprint density at radius 2 is 1.68 bits per heavy atom. The van der Waals surface area contributed by atoms with Crippen molar-refractivity contribution in [3.8, 4) is 5.75 Å². The summed E-state index contributed by atoms with van der Waals surface area (Å²) in [4.78, 5) is 23.6. The summed E-state index contributed by atoms with van der Waals surface area (Å²) in [6.45, 7) is 3.24. The minimum absolute atomic E-state index is 0.235. The Balaban J connectivity index is 2.18. The molecule has 2 aromatic carbocycles. The van der Waals surface area contributed by atoms with Crippen LogP contribution in [0, 0.1) is 0 Å². The van der Waals surface area contributed by atoms with Crippen LogP contribution in [0.5, 0.6) is 5.75 Å². The Kier molecular flexibility index (Phi) is 7.00. The number of hydrogen-bond donors (Lipinski definition) is 2. The number of carbonyl (C=O) groups excluding carboxylic acids is 2. The Labute approximate surface area is 164 Å². The van der Waals surface area contributed by atoms with E-state index in [1.165, 1.54) is 6.92 Å². The fraction of sp³-hybridized carbons (Fsp3) is 0.263. The van der Waals surface area contributed by atoms with Gasteiger partial charge in [0.25, 0.3) is 0 Å². The van der Waals surface area contributed by atoms with Gasteiger partial charge in [-0.3, -0.25) is 13.9 Å². The molecule has 0 fully saturated rings. The van der Waals surface area contributed by atoms with Crippen LogP contribution in [0.4, 0.5) is 17.1 Å². The molecule has 0 unspecified atom stereocenters. The maximum absolute atomic E-state index is 12.5. The molecule has 0 atom stereocenters. The molecule has 0 saturated heterocycles. The number of nitrogens with one attached hydrogen (secondary N) is 2. The largest absolute Gasteiger partial charge is 0.494 e. The molecule has 0 bridgehead atoms. The first kappa shape index (κ1) is 21.2. The van der Waals surface area contributed by atoms with E-state index in [0.29, 0.717) is 29.4 Å². The van der Waals surface area contributed by atoms with Gasteiger partial charge in [-0.1, -0.05) is 12.1 Å². The van der Waals surface area contributed by atoms with Crippen LogP contribution >= 0.6 is 0 Å². The number of anilines is 3.